The second kappa shape index (κ2) is 77.1. The highest BCUT2D eigenvalue weighted by Gasteiger charge is 2.18. The number of hydrogen-bond acceptors (Lipinski definition) is 5. The SMILES string of the molecule is CCCCCCCCCCCCCCCCCCCC/C=C/C(O)C(CO)NC(=O)CCCCCCCCCCCCCCCCCCCCCCCCCCCCCCCCCCCOC(=O)CCCCCCCCCCCCCCCCCCC. The number of esters is 1. The Morgan fingerprint density at radius 2 is 0.529 bits per heavy atom. The Hall–Kier alpha value is -1.40. The van der Waals surface area contributed by atoms with Crippen molar-refractivity contribution in [3.8, 4) is 0 Å². The van der Waals surface area contributed by atoms with E-state index in [1.165, 1.54) is 405 Å². The van der Waals surface area contributed by atoms with Crippen molar-refractivity contribution in [1.82, 2.24) is 5.32 Å². The second-order valence-electron chi connectivity index (χ2n) is 28.1. The van der Waals surface area contributed by atoms with Crippen molar-refractivity contribution in [3.63, 3.8) is 0 Å². The zero-order valence-electron chi connectivity index (χ0n) is 59.5. The number of hydrogen-bond donors (Lipinski definition) is 3. The van der Waals surface area contributed by atoms with E-state index >= 15 is 0 Å². The standard InChI is InChI=1S/C81H159NO5/c1-3-5-7-9-11-13-15-17-19-21-22-38-42-45-49-53-57-61-65-69-73-79(84)78(77-83)82-80(85)74-70-66-62-58-54-50-46-43-39-36-34-32-30-28-26-24-23-25-27-29-31-33-35-37-40-44-48-52-56-60-64-68-72-76-87-81(86)75-71-67-63-59-55-51-47-41-20-18-16-14-12-10-8-6-4-2/h69,73,78-79,83-84H,3-68,70-72,74-77H2,1-2H3,(H,82,85)/b73-69+. The van der Waals surface area contributed by atoms with Gasteiger partial charge < -0.3 is 20.3 Å². The van der Waals surface area contributed by atoms with Crippen LogP contribution in [0.15, 0.2) is 12.2 Å². The van der Waals surface area contributed by atoms with E-state index in [1.807, 2.05) is 6.08 Å². The van der Waals surface area contributed by atoms with Gasteiger partial charge in [0, 0.05) is 12.8 Å². The summed E-state index contributed by atoms with van der Waals surface area (Å²) < 4.78 is 5.52. The fourth-order valence-electron chi connectivity index (χ4n) is 13.2. The van der Waals surface area contributed by atoms with Crippen LogP contribution in [0.4, 0.5) is 0 Å². The summed E-state index contributed by atoms with van der Waals surface area (Å²) in [7, 11) is 0. The van der Waals surface area contributed by atoms with E-state index in [4.69, 9.17) is 4.74 Å². The molecule has 0 fully saturated rings. The van der Waals surface area contributed by atoms with E-state index in [1.54, 1.807) is 6.08 Å². The van der Waals surface area contributed by atoms with Gasteiger partial charge in [0.05, 0.1) is 25.4 Å². The molecule has 0 aliphatic rings. The van der Waals surface area contributed by atoms with Crippen molar-refractivity contribution in [2.45, 2.75) is 482 Å². The zero-order chi connectivity index (χ0) is 62.8. The number of amides is 1. The van der Waals surface area contributed by atoms with Gasteiger partial charge in [-0.25, -0.2) is 0 Å². The summed E-state index contributed by atoms with van der Waals surface area (Å²) in [5, 5.41) is 23.3. The van der Waals surface area contributed by atoms with Crippen LogP contribution in [0, 0.1) is 0 Å². The second-order valence-corrected chi connectivity index (χ2v) is 28.1. The quantitative estimate of drug-likeness (QED) is 0.0320. The summed E-state index contributed by atoms with van der Waals surface area (Å²) in [5.41, 5.74) is 0. The van der Waals surface area contributed by atoms with Gasteiger partial charge in [0.25, 0.3) is 0 Å². The monoisotopic (exact) mass is 1230 g/mol. The van der Waals surface area contributed by atoms with Crippen LogP contribution in [0.25, 0.3) is 0 Å². The number of carbonyl (C=O) groups is 2. The lowest BCUT2D eigenvalue weighted by molar-refractivity contribution is -0.143. The normalized spacial score (nSPS) is 12.5. The lowest BCUT2D eigenvalue weighted by Crippen LogP contribution is -2.45. The molecule has 0 aromatic carbocycles. The number of ether oxygens (including phenoxy) is 1. The third-order valence-electron chi connectivity index (χ3n) is 19.3. The zero-order valence-corrected chi connectivity index (χ0v) is 59.5. The van der Waals surface area contributed by atoms with Crippen molar-refractivity contribution in [2.24, 2.45) is 0 Å². The Morgan fingerprint density at radius 3 is 0.782 bits per heavy atom. The largest absolute Gasteiger partial charge is 0.466 e. The van der Waals surface area contributed by atoms with Gasteiger partial charge in [-0.2, -0.15) is 0 Å². The van der Waals surface area contributed by atoms with Crippen LogP contribution in [0.3, 0.4) is 0 Å². The molecule has 518 valence electrons. The molecule has 6 heteroatoms. The van der Waals surface area contributed by atoms with E-state index in [9.17, 15) is 19.8 Å². The Kier molecular flexibility index (Phi) is 75.8. The van der Waals surface area contributed by atoms with Gasteiger partial charge in [-0.3, -0.25) is 9.59 Å². The van der Waals surface area contributed by atoms with Crippen molar-refractivity contribution in [3.05, 3.63) is 12.2 Å². The maximum atomic E-state index is 12.5. The highest BCUT2D eigenvalue weighted by molar-refractivity contribution is 5.76. The summed E-state index contributed by atoms with van der Waals surface area (Å²) in [6.45, 7) is 4.97. The van der Waals surface area contributed by atoms with E-state index in [0.717, 1.165) is 38.5 Å². The number of rotatable bonds is 77. The minimum Gasteiger partial charge on any atom is -0.466 e. The molecule has 0 aromatic heterocycles. The van der Waals surface area contributed by atoms with Gasteiger partial charge in [-0.1, -0.05) is 437 Å². The van der Waals surface area contributed by atoms with Crippen LogP contribution in [-0.2, 0) is 14.3 Å². The summed E-state index contributed by atoms with van der Waals surface area (Å²) >= 11 is 0. The number of allylic oxidation sites excluding steroid dienone is 1. The molecule has 1 amide bonds. The van der Waals surface area contributed by atoms with E-state index in [-0.39, 0.29) is 18.5 Å². The first-order valence-electron chi connectivity index (χ1n) is 40.5. The smallest absolute Gasteiger partial charge is 0.305 e. The highest BCUT2D eigenvalue weighted by atomic mass is 16.5. The Balaban J connectivity index is 3.32. The van der Waals surface area contributed by atoms with Crippen LogP contribution in [-0.4, -0.2) is 47.4 Å². The lowest BCUT2D eigenvalue weighted by Gasteiger charge is -2.20. The Labute approximate surface area is 546 Å². The Bertz CT molecular complexity index is 1320. The fraction of sp³-hybridized carbons (Fsp3) is 0.951. The van der Waals surface area contributed by atoms with Crippen molar-refractivity contribution < 1.29 is 24.5 Å². The number of carbonyl (C=O) groups excluding carboxylic acids is 2. The molecule has 0 heterocycles. The predicted octanol–water partition coefficient (Wildman–Crippen LogP) is 26.7. The number of nitrogens with one attached hydrogen (secondary N) is 1. The van der Waals surface area contributed by atoms with Gasteiger partial charge in [-0.05, 0) is 32.1 Å². The average molecular weight is 1230 g/mol. The van der Waals surface area contributed by atoms with Crippen molar-refractivity contribution in [1.29, 1.82) is 0 Å². The van der Waals surface area contributed by atoms with Gasteiger partial charge >= 0.3 is 5.97 Å². The van der Waals surface area contributed by atoms with E-state index < -0.39 is 12.1 Å². The lowest BCUT2D eigenvalue weighted by atomic mass is 10.0. The molecular weight excluding hydrogens is 1070 g/mol. The first kappa shape index (κ1) is 85.6. The van der Waals surface area contributed by atoms with Gasteiger partial charge in [0.15, 0.2) is 0 Å². The predicted molar refractivity (Wildman–Crippen MR) is 384 cm³/mol. The molecule has 87 heavy (non-hydrogen) atoms. The topological polar surface area (TPSA) is 95.9 Å². The molecular formula is C81H159NO5. The molecule has 0 aliphatic heterocycles. The third kappa shape index (κ3) is 73.5. The molecule has 3 N–H and O–H groups in total. The molecule has 0 bridgehead atoms. The van der Waals surface area contributed by atoms with Crippen molar-refractivity contribution >= 4 is 11.9 Å². The maximum Gasteiger partial charge on any atom is 0.305 e. The van der Waals surface area contributed by atoms with E-state index in [0.29, 0.717) is 19.4 Å². The van der Waals surface area contributed by atoms with E-state index in [2.05, 4.69) is 19.2 Å². The molecule has 0 aliphatic carbocycles. The Morgan fingerprint density at radius 1 is 0.310 bits per heavy atom. The van der Waals surface area contributed by atoms with Crippen LogP contribution in [0.1, 0.15) is 470 Å². The summed E-state index contributed by atoms with van der Waals surface area (Å²) in [6, 6.07) is -0.624. The molecule has 0 saturated carbocycles. The molecule has 2 unspecified atom stereocenters. The summed E-state index contributed by atoms with van der Waals surface area (Å²) in [6.07, 6.45) is 97.7. The minimum absolute atomic E-state index is 0.0267. The number of aliphatic hydroxyl groups is 2. The molecule has 0 saturated heterocycles. The molecule has 0 spiro atoms. The average Bonchev–Trinajstić information content (AvgIpc) is 3.58. The molecule has 2 atom stereocenters. The fourth-order valence-corrected chi connectivity index (χ4v) is 13.2. The molecule has 6 nitrogen and oxygen atoms in total. The van der Waals surface area contributed by atoms with Crippen molar-refractivity contribution in [2.75, 3.05) is 13.2 Å². The number of unbranched alkanes of at least 4 members (excludes halogenated alkanes) is 66. The van der Waals surface area contributed by atoms with Crippen LogP contribution in [0.5, 0.6) is 0 Å². The van der Waals surface area contributed by atoms with Gasteiger partial charge in [-0.15, -0.1) is 0 Å². The highest BCUT2D eigenvalue weighted by Crippen LogP contribution is 2.20. The summed E-state index contributed by atoms with van der Waals surface area (Å²) in [4.78, 5) is 24.7. The first-order valence-corrected chi connectivity index (χ1v) is 40.5. The van der Waals surface area contributed by atoms with Gasteiger partial charge in [0.2, 0.25) is 5.91 Å². The maximum absolute atomic E-state index is 12.5. The minimum atomic E-state index is -0.841. The van der Waals surface area contributed by atoms with Gasteiger partial charge in [0.1, 0.15) is 0 Å². The van der Waals surface area contributed by atoms with Crippen LogP contribution >= 0.6 is 0 Å². The van der Waals surface area contributed by atoms with Crippen LogP contribution in [0.2, 0.25) is 0 Å². The molecule has 0 rings (SSSR count). The third-order valence-corrected chi connectivity index (χ3v) is 19.3. The number of aliphatic hydroxyl groups excluding tert-OH is 2. The van der Waals surface area contributed by atoms with Crippen LogP contribution < -0.4 is 5.32 Å². The summed E-state index contributed by atoms with van der Waals surface area (Å²) in [5.74, 6) is -0.0313. The molecule has 0 radical (unpaired) electrons. The molecule has 0 aromatic rings. The first-order chi connectivity index (χ1) is 43.0.